The number of halogens is 1. The van der Waals surface area contributed by atoms with Crippen LogP contribution in [0, 0.1) is 0 Å². The van der Waals surface area contributed by atoms with Gasteiger partial charge in [-0.05, 0) is 44.4 Å². The third-order valence-corrected chi connectivity index (χ3v) is 4.34. The summed E-state index contributed by atoms with van der Waals surface area (Å²) in [5.74, 6) is 2.07. The van der Waals surface area contributed by atoms with E-state index >= 15 is 0 Å². The van der Waals surface area contributed by atoms with E-state index in [1.807, 2.05) is 19.1 Å². The summed E-state index contributed by atoms with van der Waals surface area (Å²) in [7, 11) is 0. The van der Waals surface area contributed by atoms with Crippen LogP contribution in [0.3, 0.4) is 0 Å². The summed E-state index contributed by atoms with van der Waals surface area (Å²) in [5, 5.41) is 4.40. The zero-order chi connectivity index (χ0) is 17.9. The van der Waals surface area contributed by atoms with Crippen LogP contribution in [0.4, 0.5) is 0 Å². The molecular formula is C18H17ClN4O3. The Bertz CT molecular complexity index is 880. The van der Waals surface area contributed by atoms with Gasteiger partial charge in [-0.1, -0.05) is 16.8 Å². The molecule has 134 valence electrons. The monoisotopic (exact) mass is 372 g/mol. The Balaban J connectivity index is 1.46. The molecule has 0 spiro atoms. The molecule has 0 bridgehead atoms. The van der Waals surface area contributed by atoms with Crippen molar-refractivity contribution < 1.29 is 14.0 Å². The predicted molar refractivity (Wildman–Crippen MR) is 94.1 cm³/mol. The Morgan fingerprint density at radius 1 is 1.19 bits per heavy atom. The molecule has 1 aliphatic rings. The molecule has 1 saturated carbocycles. The van der Waals surface area contributed by atoms with Crippen LogP contribution in [0.2, 0.25) is 5.15 Å². The van der Waals surface area contributed by atoms with E-state index in [4.69, 9.17) is 25.6 Å². The lowest BCUT2D eigenvalue weighted by Crippen LogP contribution is -2.24. The standard InChI is InChI=1S/C18H17ClN4O3/c1-11(24-14-5-6-16(19)21-10-14)18-22-17(23-26-18)15-9-13(7-8-20-15)25-12-3-2-4-12/h5-12H,2-4H2,1H3/t11-/m0/s1. The van der Waals surface area contributed by atoms with Crippen molar-refractivity contribution in [3.05, 3.63) is 47.7 Å². The summed E-state index contributed by atoms with van der Waals surface area (Å²) in [6, 6.07) is 7.04. The molecule has 1 aliphatic carbocycles. The van der Waals surface area contributed by atoms with Crippen LogP contribution < -0.4 is 9.47 Å². The number of pyridine rings is 2. The second-order valence-corrected chi connectivity index (χ2v) is 6.47. The van der Waals surface area contributed by atoms with Crippen LogP contribution in [-0.4, -0.2) is 26.2 Å². The Hall–Kier alpha value is -2.67. The second kappa shape index (κ2) is 7.29. The largest absolute Gasteiger partial charge is 0.490 e. The first-order chi connectivity index (χ1) is 12.7. The van der Waals surface area contributed by atoms with Crippen molar-refractivity contribution in [2.24, 2.45) is 0 Å². The van der Waals surface area contributed by atoms with Gasteiger partial charge in [0.2, 0.25) is 5.82 Å². The highest BCUT2D eigenvalue weighted by molar-refractivity contribution is 6.29. The van der Waals surface area contributed by atoms with Crippen molar-refractivity contribution in [3.63, 3.8) is 0 Å². The minimum absolute atomic E-state index is 0.299. The van der Waals surface area contributed by atoms with Gasteiger partial charge in [-0.15, -0.1) is 0 Å². The van der Waals surface area contributed by atoms with Gasteiger partial charge >= 0.3 is 0 Å². The fourth-order valence-corrected chi connectivity index (χ4v) is 2.59. The van der Waals surface area contributed by atoms with Gasteiger partial charge in [-0.3, -0.25) is 4.98 Å². The number of nitrogens with zero attached hydrogens (tertiary/aromatic N) is 4. The first kappa shape index (κ1) is 16.8. The molecule has 0 saturated heterocycles. The normalized spacial score (nSPS) is 15.3. The zero-order valence-electron chi connectivity index (χ0n) is 14.1. The van der Waals surface area contributed by atoms with Gasteiger partial charge in [-0.2, -0.15) is 4.98 Å². The molecule has 8 heteroatoms. The lowest BCUT2D eigenvalue weighted by Gasteiger charge is -2.26. The van der Waals surface area contributed by atoms with E-state index in [1.54, 1.807) is 24.5 Å². The van der Waals surface area contributed by atoms with Gasteiger partial charge in [0.25, 0.3) is 5.89 Å². The molecule has 3 heterocycles. The summed E-state index contributed by atoms with van der Waals surface area (Å²) < 4.78 is 16.9. The average molecular weight is 373 g/mol. The van der Waals surface area contributed by atoms with Gasteiger partial charge in [-0.25, -0.2) is 4.98 Å². The summed E-state index contributed by atoms with van der Waals surface area (Å²) >= 11 is 5.77. The average Bonchev–Trinajstić information content (AvgIpc) is 3.11. The molecule has 0 aliphatic heterocycles. The van der Waals surface area contributed by atoms with Crippen LogP contribution in [0.1, 0.15) is 38.2 Å². The Morgan fingerprint density at radius 2 is 2.08 bits per heavy atom. The summed E-state index contributed by atoms with van der Waals surface area (Å²) in [6.07, 6.45) is 6.49. The number of hydrogen-bond donors (Lipinski definition) is 0. The third-order valence-electron chi connectivity index (χ3n) is 4.12. The van der Waals surface area contributed by atoms with Gasteiger partial charge < -0.3 is 14.0 Å². The molecule has 26 heavy (non-hydrogen) atoms. The van der Waals surface area contributed by atoms with E-state index in [2.05, 4.69) is 20.1 Å². The second-order valence-electron chi connectivity index (χ2n) is 6.08. The van der Waals surface area contributed by atoms with E-state index in [0.717, 1.165) is 18.6 Å². The lowest BCUT2D eigenvalue weighted by atomic mass is 9.96. The molecular weight excluding hydrogens is 356 g/mol. The number of hydrogen-bond acceptors (Lipinski definition) is 7. The van der Waals surface area contributed by atoms with E-state index in [-0.39, 0.29) is 0 Å². The highest BCUT2D eigenvalue weighted by Gasteiger charge is 2.21. The Kier molecular flexibility index (Phi) is 4.71. The Morgan fingerprint density at radius 3 is 2.81 bits per heavy atom. The van der Waals surface area contributed by atoms with Gasteiger partial charge in [0, 0.05) is 12.3 Å². The van der Waals surface area contributed by atoms with Crippen molar-refractivity contribution >= 4 is 11.6 Å². The van der Waals surface area contributed by atoms with E-state index in [0.29, 0.717) is 34.4 Å². The number of aromatic nitrogens is 4. The van der Waals surface area contributed by atoms with Gasteiger partial charge in [0.1, 0.15) is 22.3 Å². The predicted octanol–water partition coefficient (Wildman–Crippen LogP) is 4.25. The molecule has 1 atom stereocenters. The topological polar surface area (TPSA) is 83.2 Å². The smallest absolute Gasteiger partial charge is 0.267 e. The minimum atomic E-state index is -0.436. The minimum Gasteiger partial charge on any atom is -0.490 e. The molecule has 0 unspecified atom stereocenters. The summed E-state index contributed by atoms with van der Waals surface area (Å²) in [6.45, 7) is 1.81. The fourth-order valence-electron chi connectivity index (χ4n) is 2.48. The maximum atomic E-state index is 5.89. The van der Waals surface area contributed by atoms with Crippen molar-refractivity contribution in [1.29, 1.82) is 0 Å². The third kappa shape index (κ3) is 3.77. The van der Waals surface area contributed by atoms with E-state index in [9.17, 15) is 0 Å². The quantitative estimate of drug-likeness (QED) is 0.598. The SMILES string of the molecule is C[C@H](Oc1ccc(Cl)nc1)c1nc(-c2cc(OC3CCC3)ccn2)no1. The first-order valence-corrected chi connectivity index (χ1v) is 8.80. The van der Waals surface area contributed by atoms with Crippen LogP contribution in [0.25, 0.3) is 11.5 Å². The van der Waals surface area contributed by atoms with E-state index in [1.165, 1.54) is 6.42 Å². The van der Waals surface area contributed by atoms with Crippen LogP contribution in [0.5, 0.6) is 11.5 Å². The molecule has 1 fully saturated rings. The Labute approximate surface area is 155 Å². The number of rotatable bonds is 6. The van der Waals surface area contributed by atoms with Crippen molar-refractivity contribution in [1.82, 2.24) is 20.1 Å². The van der Waals surface area contributed by atoms with Crippen LogP contribution >= 0.6 is 11.6 Å². The zero-order valence-corrected chi connectivity index (χ0v) is 14.9. The summed E-state index contributed by atoms with van der Waals surface area (Å²) in [5.41, 5.74) is 0.595. The molecule has 0 amide bonds. The van der Waals surface area contributed by atoms with Gasteiger partial charge in [0.05, 0.1) is 12.3 Å². The first-order valence-electron chi connectivity index (χ1n) is 8.42. The van der Waals surface area contributed by atoms with Crippen molar-refractivity contribution in [3.8, 4) is 23.0 Å². The fraction of sp³-hybridized carbons (Fsp3) is 0.333. The maximum Gasteiger partial charge on any atom is 0.267 e. The molecule has 3 aromatic heterocycles. The maximum absolute atomic E-state index is 5.89. The molecule has 7 nitrogen and oxygen atoms in total. The van der Waals surface area contributed by atoms with Crippen LogP contribution in [0.15, 0.2) is 41.2 Å². The van der Waals surface area contributed by atoms with Gasteiger partial charge in [0.15, 0.2) is 6.10 Å². The van der Waals surface area contributed by atoms with Crippen LogP contribution in [-0.2, 0) is 0 Å². The molecule has 0 aromatic carbocycles. The van der Waals surface area contributed by atoms with Crippen molar-refractivity contribution in [2.45, 2.75) is 38.4 Å². The van der Waals surface area contributed by atoms with Crippen molar-refractivity contribution in [2.75, 3.05) is 0 Å². The molecule has 0 radical (unpaired) electrons. The lowest BCUT2D eigenvalue weighted by molar-refractivity contribution is 0.120. The summed E-state index contributed by atoms with van der Waals surface area (Å²) in [4.78, 5) is 12.7. The highest BCUT2D eigenvalue weighted by Crippen LogP contribution is 2.27. The number of ether oxygens (including phenoxy) is 2. The molecule has 3 aromatic rings. The molecule has 0 N–H and O–H groups in total. The van der Waals surface area contributed by atoms with E-state index < -0.39 is 6.10 Å². The molecule has 4 rings (SSSR count). The highest BCUT2D eigenvalue weighted by atomic mass is 35.5.